The van der Waals surface area contributed by atoms with Crippen LogP contribution < -0.4 is 5.73 Å². The number of aliphatic imine (C=N–C) groups is 1. The molecule has 4 rings (SSSR count). The van der Waals surface area contributed by atoms with E-state index >= 15 is 0 Å². The predicted molar refractivity (Wildman–Crippen MR) is 114 cm³/mol. The zero-order valence-electron chi connectivity index (χ0n) is 16.1. The summed E-state index contributed by atoms with van der Waals surface area (Å²) in [4.78, 5) is 5.44. The van der Waals surface area contributed by atoms with E-state index in [1.165, 1.54) is 0 Å². The molecular formula is C20H20N4O2S2. The molecule has 0 amide bonds. The van der Waals surface area contributed by atoms with Crippen LogP contribution in [-0.2, 0) is 15.4 Å². The van der Waals surface area contributed by atoms with E-state index in [2.05, 4.69) is 27.0 Å². The van der Waals surface area contributed by atoms with Crippen molar-refractivity contribution >= 4 is 47.3 Å². The third-order valence-electron chi connectivity index (χ3n) is 5.34. The Hall–Kier alpha value is -2.50. The van der Waals surface area contributed by atoms with Gasteiger partial charge in [-0.1, -0.05) is 12.0 Å². The van der Waals surface area contributed by atoms with E-state index in [1.54, 1.807) is 32.1 Å². The Bertz CT molecular complexity index is 1330. The van der Waals surface area contributed by atoms with Crippen LogP contribution in [0.3, 0.4) is 0 Å². The number of sulfone groups is 1. The first-order valence-corrected chi connectivity index (χ1v) is 11.3. The van der Waals surface area contributed by atoms with E-state index in [0.29, 0.717) is 5.69 Å². The van der Waals surface area contributed by atoms with Crippen LogP contribution in [0.15, 0.2) is 29.3 Å². The van der Waals surface area contributed by atoms with Gasteiger partial charge in [-0.2, -0.15) is 0 Å². The van der Waals surface area contributed by atoms with E-state index in [0.717, 1.165) is 25.9 Å². The van der Waals surface area contributed by atoms with Crippen LogP contribution in [0.1, 0.15) is 39.0 Å². The van der Waals surface area contributed by atoms with E-state index in [1.807, 2.05) is 31.2 Å². The fraction of sp³-hybridized carbons (Fsp3) is 0.350. The Labute approximate surface area is 167 Å². The quantitative estimate of drug-likeness (QED) is 0.620. The van der Waals surface area contributed by atoms with Gasteiger partial charge in [-0.15, -0.1) is 21.5 Å². The highest BCUT2D eigenvalue weighted by Crippen LogP contribution is 2.40. The molecule has 1 atom stereocenters. The maximum atomic E-state index is 12.9. The zero-order valence-corrected chi connectivity index (χ0v) is 17.7. The summed E-state index contributed by atoms with van der Waals surface area (Å²) in [5.41, 5.74) is 6.55. The number of thiophene rings is 1. The second-order valence-corrected chi connectivity index (χ2v) is 11.2. The monoisotopic (exact) mass is 412 g/mol. The second-order valence-electron chi connectivity index (χ2n) is 7.68. The summed E-state index contributed by atoms with van der Waals surface area (Å²) in [6, 6.07) is 7.81. The summed E-state index contributed by atoms with van der Waals surface area (Å²) in [6.45, 7) is 6.77. The highest BCUT2D eigenvalue weighted by Gasteiger charge is 2.48. The van der Waals surface area contributed by atoms with Crippen molar-refractivity contribution < 1.29 is 8.42 Å². The maximum Gasteiger partial charge on any atom is 0.165 e. The molecule has 0 aliphatic carbocycles. The van der Waals surface area contributed by atoms with Crippen molar-refractivity contribution in [3.8, 4) is 11.8 Å². The Balaban J connectivity index is 1.94. The number of rotatable bonds is 1. The molecule has 1 aromatic carbocycles. The molecule has 144 valence electrons. The van der Waals surface area contributed by atoms with Gasteiger partial charge in [0.25, 0.3) is 0 Å². The summed E-state index contributed by atoms with van der Waals surface area (Å²) in [6.07, 6.45) is 0. The molecular weight excluding hydrogens is 392 g/mol. The smallest absolute Gasteiger partial charge is 0.165 e. The van der Waals surface area contributed by atoms with Gasteiger partial charge >= 0.3 is 0 Å². The number of amidine groups is 1. The van der Waals surface area contributed by atoms with Crippen molar-refractivity contribution in [3.05, 3.63) is 35.5 Å². The van der Waals surface area contributed by atoms with Gasteiger partial charge in [0, 0.05) is 15.5 Å². The van der Waals surface area contributed by atoms with Crippen LogP contribution in [0.4, 0.5) is 0 Å². The normalized spacial score (nSPS) is 23.2. The number of nitrogens with zero attached hydrogens (tertiary/aromatic N) is 3. The number of benzene rings is 1. The van der Waals surface area contributed by atoms with Crippen LogP contribution in [0.25, 0.3) is 20.3 Å². The first kappa shape index (κ1) is 18.8. The number of fused-ring (bicyclic) bond motifs is 3. The van der Waals surface area contributed by atoms with Crippen LogP contribution in [0.5, 0.6) is 0 Å². The number of aromatic nitrogens is 2. The minimum Gasteiger partial charge on any atom is -0.386 e. The van der Waals surface area contributed by atoms with Crippen molar-refractivity contribution in [1.29, 1.82) is 0 Å². The molecule has 0 bridgehead atoms. The molecule has 6 nitrogen and oxygen atoms in total. The molecule has 3 heterocycles. The van der Waals surface area contributed by atoms with Crippen molar-refractivity contribution in [2.75, 3.05) is 5.75 Å². The number of nitrogens with two attached hydrogens (primary N) is 1. The van der Waals surface area contributed by atoms with Crippen LogP contribution in [-0.4, -0.2) is 35.0 Å². The van der Waals surface area contributed by atoms with Gasteiger partial charge < -0.3 is 5.73 Å². The number of hydrogen-bond acceptors (Lipinski definition) is 7. The molecule has 2 aromatic heterocycles. The summed E-state index contributed by atoms with van der Waals surface area (Å²) >= 11 is 1.54. The Morgan fingerprint density at radius 3 is 2.57 bits per heavy atom. The average Bonchev–Trinajstić information content (AvgIpc) is 2.97. The lowest BCUT2D eigenvalue weighted by molar-refractivity contribution is 0.501. The van der Waals surface area contributed by atoms with E-state index < -0.39 is 20.1 Å². The predicted octanol–water partition coefficient (Wildman–Crippen LogP) is 3.00. The number of hydrogen-bond donors (Lipinski definition) is 1. The molecule has 0 radical (unpaired) electrons. The lowest BCUT2D eigenvalue weighted by Gasteiger charge is -2.37. The van der Waals surface area contributed by atoms with Crippen LogP contribution >= 0.6 is 11.3 Å². The topological polar surface area (TPSA) is 98.3 Å². The molecule has 3 aromatic rings. The maximum absolute atomic E-state index is 12.9. The van der Waals surface area contributed by atoms with Crippen LogP contribution in [0, 0.1) is 11.8 Å². The van der Waals surface area contributed by atoms with Gasteiger partial charge in [0.15, 0.2) is 9.84 Å². The molecule has 1 aliphatic rings. The molecule has 28 heavy (non-hydrogen) atoms. The minimum atomic E-state index is -3.46. The third-order valence-corrected chi connectivity index (χ3v) is 9.12. The Morgan fingerprint density at radius 1 is 1.14 bits per heavy atom. The summed E-state index contributed by atoms with van der Waals surface area (Å²) in [5.74, 6) is 5.81. The van der Waals surface area contributed by atoms with E-state index in [-0.39, 0.29) is 11.6 Å². The van der Waals surface area contributed by atoms with Gasteiger partial charge in [0.1, 0.15) is 21.1 Å². The highest BCUT2D eigenvalue weighted by atomic mass is 32.2. The minimum absolute atomic E-state index is 0.0896. The fourth-order valence-corrected chi connectivity index (χ4v) is 6.08. The third kappa shape index (κ3) is 2.69. The lowest BCUT2D eigenvalue weighted by Crippen LogP contribution is -2.54. The van der Waals surface area contributed by atoms with Gasteiger partial charge in [0.2, 0.25) is 0 Å². The molecule has 0 unspecified atom stereocenters. The van der Waals surface area contributed by atoms with Crippen molar-refractivity contribution in [1.82, 2.24) is 10.2 Å². The fourth-order valence-electron chi connectivity index (χ4n) is 3.40. The zero-order chi connectivity index (χ0) is 20.3. The molecule has 2 N–H and O–H groups in total. The SMILES string of the molecule is CC#Cc1cc2c(nn1)sc1ccc([C@]3(C)CS(=O)(=O)C(C)(C)C(N)=N3)cc12. The Kier molecular flexibility index (Phi) is 4.04. The molecule has 0 saturated carbocycles. The Morgan fingerprint density at radius 2 is 1.89 bits per heavy atom. The summed E-state index contributed by atoms with van der Waals surface area (Å²) < 4.78 is 25.6. The van der Waals surface area contributed by atoms with Gasteiger partial charge in [-0.3, -0.25) is 4.99 Å². The van der Waals surface area contributed by atoms with E-state index in [9.17, 15) is 8.42 Å². The molecule has 0 saturated heterocycles. The van der Waals surface area contributed by atoms with Gasteiger partial charge in [-0.05, 0) is 57.4 Å². The lowest BCUT2D eigenvalue weighted by atomic mass is 9.92. The van der Waals surface area contributed by atoms with Crippen molar-refractivity contribution in [2.45, 2.75) is 38.0 Å². The van der Waals surface area contributed by atoms with Gasteiger partial charge in [-0.25, -0.2) is 8.42 Å². The molecule has 1 aliphatic heterocycles. The molecule has 0 spiro atoms. The van der Waals surface area contributed by atoms with Gasteiger partial charge in [0.05, 0.1) is 11.3 Å². The average molecular weight is 413 g/mol. The van der Waals surface area contributed by atoms with E-state index in [4.69, 9.17) is 5.73 Å². The molecule has 0 fully saturated rings. The first-order valence-electron chi connectivity index (χ1n) is 8.79. The van der Waals surface area contributed by atoms with Crippen molar-refractivity contribution in [2.24, 2.45) is 10.7 Å². The summed E-state index contributed by atoms with van der Waals surface area (Å²) in [7, 11) is -3.46. The second kappa shape index (κ2) is 6.00. The summed E-state index contributed by atoms with van der Waals surface area (Å²) in [5, 5.41) is 10.3. The first-order chi connectivity index (χ1) is 13.1. The highest BCUT2D eigenvalue weighted by molar-refractivity contribution is 7.93. The molecule has 8 heteroatoms. The largest absolute Gasteiger partial charge is 0.386 e. The standard InChI is InChI=1S/C20H20N4O2S2/c1-5-6-13-10-15-14-9-12(7-8-16(14)27-17(15)24-23-13)20(4)11-28(25,26)19(2,3)18(21)22-20/h7-10H,11H2,1-4H3,(H2,21,22)/t20-/m0/s1. The van der Waals surface area contributed by atoms with Crippen LogP contribution in [0.2, 0.25) is 0 Å². The van der Waals surface area contributed by atoms with Crippen molar-refractivity contribution in [3.63, 3.8) is 0 Å².